The second-order valence-electron chi connectivity index (χ2n) is 32.6. The van der Waals surface area contributed by atoms with Crippen LogP contribution < -0.4 is 0 Å². The number of fused-ring (bicyclic) bond motifs is 18. The minimum absolute atomic E-state index is 0.563. The van der Waals surface area contributed by atoms with Gasteiger partial charge in [0.25, 0.3) is 0 Å². The monoisotopic (exact) mass is 1690 g/mol. The van der Waals surface area contributed by atoms with Crippen LogP contribution in [-0.2, 0) is 0 Å². The Labute approximate surface area is 754 Å². The Morgan fingerprint density at radius 1 is 0.136 bits per heavy atom. The summed E-state index contributed by atoms with van der Waals surface area (Å²) >= 11 is 0. The summed E-state index contributed by atoms with van der Waals surface area (Å²) in [6, 6.07) is 145. The highest BCUT2D eigenvalue weighted by Crippen LogP contribution is 2.43. The van der Waals surface area contributed by atoms with Crippen molar-refractivity contribution in [2.24, 2.45) is 0 Å². The highest BCUT2D eigenvalue weighted by atomic mass is 15.2. The van der Waals surface area contributed by atoms with E-state index >= 15 is 0 Å². The van der Waals surface area contributed by atoms with Gasteiger partial charge in [-0.3, -0.25) is 23.7 Å². The van der Waals surface area contributed by atoms with E-state index in [-0.39, 0.29) is 0 Å². The summed E-state index contributed by atoms with van der Waals surface area (Å²) in [6.45, 7) is 0. The lowest BCUT2D eigenvalue weighted by molar-refractivity contribution is 0.952. The van der Waals surface area contributed by atoms with Crippen LogP contribution in [0, 0.1) is 0 Å². The molecule has 0 fully saturated rings. The standard InChI is InChI=1S/C39H25N5.2C38H24N6/c1-3-13-26(14-4-1)37-40-38(27-15-5-2-6-16-27)42-39(41-37)44-35-22-12-9-19-31(35)32-25-28(23-24-36(32)44)43-33-20-10-7-17-29(33)30-18-8-11-21-34(30)43;1-2-11-25(12-3-1)36-40-37(26-13-10-22-39-24-26)42-38(41-36)44-34-19-9-6-16-30(34)31-23-27(20-21-35(31)44)43-32-17-7-4-14-28(32)29-15-5-8-18-33(29)43;1-2-10-25(11-3-1)36-40-37(26-20-22-39-23-21-26)42-38(41-36)44-34-17-9-6-14-30(34)31-24-27(18-19-35(31)44)43-32-15-7-4-12-28(32)29-13-5-8-16-33(29)43/h1-25H;2*1-24H. The van der Waals surface area contributed by atoms with Crippen molar-refractivity contribution >= 4 is 131 Å². The number of benzene rings is 16. The second-order valence-corrected chi connectivity index (χ2v) is 32.6. The molecule has 0 atom stereocenters. The third kappa shape index (κ3) is 13.0. The quantitative estimate of drug-likeness (QED) is 0.114. The number of rotatable bonds is 12. The maximum atomic E-state index is 5.06. The van der Waals surface area contributed by atoms with Crippen molar-refractivity contribution in [1.82, 2.24) is 82.2 Å². The van der Waals surface area contributed by atoms with Gasteiger partial charge in [-0.05, 0) is 133 Å². The smallest absolute Gasteiger partial charge is 0.238 e. The van der Waals surface area contributed by atoms with Crippen molar-refractivity contribution in [1.29, 1.82) is 0 Å². The van der Waals surface area contributed by atoms with Gasteiger partial charge in [0.2, 0.25) is 17.8 Å². The number of pyridine rings is 2. The normalized spacial score (nSPS) is 11.6. The van der Waals surface area contributed by atoms with Crippen LogP contribution in [0.5, 0.6) is 0 Å². The van der Waals surface area contributed by atoms with E-state index in [0.29, 0.717) is 52.8 Å². The van der Waals surface area contributed by atoms with Gasteiger partial charge in [-0.25, -0.2) is 15.0 Å². The summed E-state index contributed by atoms with van der Waals surface area (Å²) in [5.74, 6) is 5.42. The average Bonchev–Trinajstić information content (AvgIpc) is 1.58. The van der Waals surface area contributed by atoms with E-state index in [9.17, 15) is 0 Å². The molecule has 0 spiro atoms. The van der Waals surface area contributed by atoms with Crippen molar-refractivity contribution in [3.63, 3.8) is 0 Å². The van der Waals surface area contributed by atoms with Crippen molar-refractivity contribution in [2.45, 2.75) is 0 Å². The van der Waals surface area contributed by atoms with Crippen LogP contribution in [0.15, 0.2) is 443 Å². The van der Waals surface area contributed by atoms with Crippen LogP contribution in [0.4, 0.5) is 0 Å². The highest BCUT2D eigenvalue weighted by Gasteiger charge is 2.26. The molecule has 0 radical (unpaired) electrons. The Kier molecular flexibility index (Phi) is 18.4. The molecule has 0 aliphatic carbocycles. The zero-order valence-electron chi connectivity index (χ0n) is 70.7. The third-order valence-corrected chi connectivity index (χ3v) is 24.9. The van der Waals surface area contributed by atoms with Gasteiger partial charge < -0.3 is 13.7 Å². The van der Waals surface area contributed by atoms with Crippen LogP contribution in [0.3, 0.4) is 0 Å². The first-order chi connectivity index (χ1) is 65.5. The molecule has 0 bridgehead atoms. The second kappa shape index (κ2) is 31.9. The molecule has 0 aliphatic heterocycles. The molecular weight excluding hydrogens is 1620 g/mol. The maximum Gasteiger partial charge on any atom is 0.238 e. The predicted molar refractivity (Wildman–Crippen MR) is 534 cm³/mol. The first-order valence-electron chi connectivity index (χ1n) is 43.9. The minimum Gasteiger partial charge on any atom is -0.309 e. The Bertz CT molecular complexity index is 7990. The largest absolute Gasteiger partial charge is 0.309 e. The number of aromatic nitrogens is 17. The SMILES string of the molecule is c1ccc(-c2nc(-c3ccccc3)nc(-n3c4ccccc4c4cc(-n5c6ccccc6c6ccccc65)ccc43)n2)cc1.c1ccc(-c2nc(-c3cccnc3)nc(-n3c4ccccc4c4cc(-n5c6ccccc6c6ccccc65)ccc43)n2)cc1.c1ccc(-c2nc(-c3ccncc3)nc(-n3c4ccccc4c4cc(-n5c6ccccc6c6ccccc65)ccc43)n2)cc1. The Hall–Kier alpha value is -18.4. The molecule has 0 aliphatic rings. The minimum atomic E-state index is 0.563. The van der Waals surface area contributed by atoms with E-state index in [4.69, 9.17) is 44.9 Å². The Morgan fingerprint density at radius 3 is 0.591 bits per heavy atom. The summed E-state index contributed by atoms with van der Waals surface area (Å²) in [4.78, 5) is 53.4. The molecular formula is C115H73N17. The molecule has 17 nitrogen and oxygen atoms in total. The van der Waals surface area contributed by atoms with Gasteiger partial charge in [0.1, 0.15) is 0 Å². The molecule has 16 aromatic carbocycles. The van der Waals surface area contributed by atoms with Crippen molar-refractivity contribution in [3.8, 4) is 103 Å². The molecule has 0 unspecified atom stereocenters. The van der Waals surface area contributed by atoms with Crippen molar-refractivity contribution < 1.29 is 0 Å². The van der Waals surface area contributed by atoms with E-state index in [2.05, 4.69) is 310 Å². The van der Waals surface area contributed by atoms with Gasteiger partial charge in [-0.1, -0.05) is 285 Å². The number of hydrogen-bond donors (Lipinski definition) is 0. The van der Waals surface area contributed by atoms with Gasteiger partial charge in [-0.2, -0.15) is 29.9 Å². The molecule has 0 amide bonds. The molecule has 0 saturated heterocycles. The lowest BCUT2D eigenvalue weighted by Gasteiger charge is -2.11. The lowest BCUT2D eigenvalue weighted by atomic mass is 10.1. The number of hydrogen-bond acceptors (Lipinski definition) is 11. The fourth-order valence-electron chi connectivity index (χ4n) is 19.1. The summed E-state index contributed by atoms with van der Waals surface area (Å²) in [7, 11) is 0. The van der Waals surface area contributed by atoms with Gasteiger partial charge in [-0.15, -0.1) is 0 Å². The predicted octanol–water partition coefficient (Wildman–Crippen LogP) is 27.0. The molecule has 0 N–H and O–H groups in total. The number of nitrogens with zero attached hydrogens (tertiary/aromatic N) is 17. The summed E-state index contributed by atoms with van der Waals surface area (Å²) in [6.07, 6.45) is 7.07. The highest BCUT2D eigenvalue weighted by molar-refractivity contribution is 6.16. The summed E-state index contributed by atoms with van der Waals surface area (Å²) in [5.41, 5.74) is 22.1. The Balaban J connectivity index is 0.000000106. The first kappa shape index (κ1) is 76.1. The van der Waals surface area contributed by atoms with Gasteiger partial charge >= 0.3 is 0 Å². The molecule has 27 aromatic rings. The zero-order chi connectivity index (χ0) is 87.1. The van der Waals surface area contributed by atoms with E-state index in [1.165, 1.54) is 65.4 Å². The van der Waals surface area contributed by atoms with Crippen LogP contribution >= 0.6 is 0 Å². The van der Waals surface area contributed by atoms with E-state index in [0.717, 1.165) is 116 Å². The first-order valence-corrected chi connectivity index (χ1v) is 43.9. The van der Waals surface area contributed by atoms with E-state index < -0.39 is 0 Å². The summed E-state index contributed by atoms with van der Waals surface area (Å²) in [5, 5.41) is 14.3. The van der Waals surface area contributed by atoms with Crippen LogP contribution in [-0.4, -0.2) is 82.2 Å². The van der Waals surface area contributed by atoms with Crippen LogP contribution in [0.25, 0.3) is 234 Å². The van der Waals surface area contributed by atoms with E-state index in [1.54, 1.807) is 24.8 Å². The third-order valence-electron chi connectivity index (χ3n) is 24.9. The van der Waals surface area contributed by atoms with Crippen molar-refractivity contribution in [2.75, 3.05) is 0 Å². The van der Waals surface area contributed by atoms with Gasteiger partial charge in [0, 0.05) is 140 Å². The Morgan fingerprint density at radius 2 is 0.341 bits per heavy atom. The average molecular weight is 1690 g/mol. The molecule has 17 heteroatoms. The van der Waals surface area contributed by atoms with Crippen molar-refractivity contribution in [3.05, 3.63) is 443 Å². The van der Waals surface area contributed by atoms with Crippen LogP contribution in [0.1, 0.15) is 0 Å². The van der Waals surface area contributed by atoms with Gasteiger partial charge in [0.15, 0.2) is 34.9 Å². The fourth-order valence-corrected chi connectivity index (χ4v) is 19.1. The molecule has 11 aromatic heterocycles. The molecule has 132 heavy (non-hydrogen) atoms. The molecule has 618 valence electrons. The molecule has 27 rings (SSSR count). The summed E-state index contributed by atoms with van der Waals surface area (Å²) < 4.78 is 13.5. The topological polar surface area (TPSA) is 171 Å². The van der Waals surface area contributed by atoms with Gasteiger partial charge in [0.05, 0.1) is 66.2 Å². The maximum absolute atomic E-state index is 5.06. The zero-order valence-corrected chi connectivity index (χ0v) is 70.7. The molecule has 0 saturated carbocycles. The number of para-hydroxylation sites is 9. The molecule has 11 heterocycles. The lowest BCUT2D eigenvalue weighted by Crippen LogP contribution is -2.06. The fraction of sp³-hybridized carbons (Fsp3) is 0. The van der Waals surface area contributed by atoms with E-state index in [1.807, 2.05) is 146 Å². The van der Waals surface area contributed by atoms with Crippen LogP contribution in [0.2, 0.25) is 0 Å².